The van der Waals surface area contributed by atoms with Crippen molar-refractivity contribution in [1.29, 1.82) is 0 Å². The second kappa shape index (κ2) is 3.88. The zero-order valence-corrected chi connectivity index (χ0v) is 7.59. The van der Waals surface area contributed by atoms with E-state index in [0.29, 0.717) is 6.04 Å². The smallest absolute Gasteiger partial charge is 0.115 e. The minimum atomic E-state index is -0.363. The summed E-state index contributed by atoms with van der Waals surface area (Å²) in [6.07, 6.45) is 2.45. The molecule has 1 fully saturated rings. The second-order valence-corrected chi connectivity index (χ2v) is 3.52. The van der Waals surface area contributed by atoms with Crippen LogP contribution in [-0.2, 0) is 6.67 Å². The molecule has 1 nitrogen and oxygen atoms in total. The molecule has 1 aliphatic rings. The second-order valence-electron chi connectivity index (χ2n) is 3.52. The van der Waals surface area contributed by atoms with Crippen LogP contribution in [0.25, 0.3) is 0 Å². The van der Waals surface area contributed by atoms with E-state index in [1.165, 1.54) is 18.4 Å². The zero-order valence-electron chi connectivity index (χ0n) is 7.59. The fourth-order valence-corrected chi connectivity index (χ4v) is 1.81. The molecule has 2 rings (SSSR count). The lowest BCUT2D eigenvalue weighted by molar-refractivity contribution is 0.485. The SMILES string of the molecule is FCc1ccc(C2CCCN2)cc1. The van der Waals surface area contributed by atoms with E-state index in [-0.39, 0.29) is 6.67 Å². The summed E-state index contributed by atoms with van der Waals surface area (Å²) in [7, 11) is 0. The lowest BCUT2D eigenvalue weighted by atomic mass is 10.0. The maximum atomic E-state index is 12.2. The van der Waals surface area contributed by atoms with E-state index >= 15 is 0 Å². The fourth-order valence-electron chi connectivity index (χ4n) is 1.81. The van der Waals surface area contributed by atoms with Gasteiger partial charge in [-0.25, -0.2) is 4.39 Å². The third kappa shape index (κ3) is 1.89. The van der Waals surface area contributed by atoms with Crippen LogP contribution in [0.2, 0.25) is 0 Å². The third-order valence-corrected chi connectivity index (χ3v) is 2.60. The summed E-state index contributed by atoms with van der Waals surface area (Å²) in [5.41, 5.74) is 2.05. The molecule has 1 aromatic rings. The summed E-state index contributed by atoms with van der Waals surface area (Å²) in [4.78, 5) is 0. The first kappa shape index (κ1) is 8.70. The summed E-state index contributed by atoms with van der Waals surface area (Å²) in [5.74, 6) is 0. The van der Waals surface area contributed by atoms with Crippen LogP contribution in [0.5, 0.6) is 0 Å². The van der Waals surface area contributed by atoms with Crippen molar-refractivity contribution in [3.8, 4) is 0 Å². The molecule has 1 unspecified atom stereocenters. The van der Waals surface area contributed by atoms with E-state index in [0.717, 1.165) is 12.1 Å². The molecule has 13 heavy (non-hydrogen) atoms. The van der Waals surface area contributed by atoms with E-state index in [1.807, 2.05) is 24.3 Å². The maximum Gasteiger partial charge on any atom is 0.115 e. The molecule has 1 N–H and O–H groups in total. The van der Waals surface area contributed by atoms with Crippen LogP contribution in [0.3, 0.4) is 0 Å². The summed E-state index contributed by atoms with van der Waals surface area (Å²) in [5, 5.41) is 3.42. The largest absolute Gasteiger partial charge is 0.310 e. The van der Waals surface area contributed by atoms with Gasteiger partial charge >= 0.3 is 0 Å². The monoisotopic (exact) mass is 179 g/mol. The Labute approximate surface area is 78.0 Å². The summed E-state index contributed by atoms with van der Waals surface area (Å²) >= 11 is 0. The Hall–Kier alpha value is -0.890. The Morgan fingerprint density at radius 2 is 2.08 bits per heavy atom. The number of benzene rings is 1. The average Bonchev–Trinajstić information content (AvgIpc) is 2.71. The van der Waals surface area contributed by atoms with Crippen molar-refractivity contribution in [1.82, 2.24) is 5.32 Å². The highest BCUT2D eigenvalue weighted by Gasteiger charge is 2.15. The van der Waals surface area contributed by atoms with Crippen molar-refractivity contribution in [3.05, 3.63) is 35.4 Å². The van der Waals surface area contributed by atoms with Crippen LogP contribution < -0.4 is 5.32 Å². The summed E-state index contributed by atoms with van der Waals surface area (Å²) < 4.78 is 12.2. The van der Waals surface area contributed by atoms with E-state index < -0.39 is 0 Å². The number of alkyl halides is 1. The van der Waals surface area contributed by atoms with Gasteiger partial charge in [-0.2, -0.15) is 0 Å². The number of nitrogens with one attached hydrogen (secondary N) is 1. The average molecular weight is 179 g/mol. The van der Waals surface area contributed by atoms with Gasteiger partial charge in [0, 0.05) is 6.04 Å². The quantitative estimate of drug-likeness (QED) is 0.735. The van der Waals surface area contributed by atoms with Crippen molar-refractivity contribution in [3.63, 3.8) is 0 Å². The predicted molar refractivity (Wildman–Crippen MR) is 51.2 cm³/mol. The Morgan fingerprint density at radius 3 is 2.62 bits per heavy atom. The van der Waals surface area contributed by atoms with Gasteiger partial charge in [0.1, 0.15) is 6.67 Å². The van der Waals surface area contributed by atoms with Gasteiger partial charge in [-0.3, -0.25) is 0 Å². The van der Waals surface area contributed by atoms with Crippen molar-refractivity contribution in [2.24, 2.45) is 0 Å². The minimum Gasteiger partial charge on any atom is -0.310 e. The van der Waals surface area contributed by atoms with Crippen LogP contribution in [0.1, 0.15) is 30.0 Å². The molecule has 1 aromatic carbocycles. The van der Waals surface area contributed by atoms with Gasteiger partial charge < -0.3 is 5.32 Å². The van der Waals surface area contributed by atoms with E-state index in [2.05, 4.69) is 5.32 Å². The maximum absolute atomic E-state index is 12.2. The van der Waals surface area contributed by atoms with Crippen LogP contribution in [-0.4, -0.2) is 6.54 Å². The van der Waals surface area contributed by atoms with Gasteiger partial charge in [0.25, 0.3) is 0 Å². The Kier molecular flexibility index (Phi) is 2.60. The molecule has 0 spiro atoms. The van der Waals surface area contributed by atoms with Crippen LogP contribution in [0.15, 0.2) is 24.3 Å². The van der Waals surface area contributed by atoms with Crippen molar-refractivity contribution in [2.75, 3.05) is 6.54 Å². The van der Waals surface area contributed by atoms with Crippen molar-refractivity contribution < 1.29 is 4.39 Å². The van der Waals surface area contributed by atoms with Gasteiger partial charge in [-0.1, -0.05) is 24.3 Å². The Morgan fingerprint density at radius 1 is 1.31 bits per heavy atom. The molecule has 2 heteroatoms. The normalized spacial score (nSPS) is 22.1. The molecular weight excluding hydrogens is 165 g/mol. The van der Waals surface area contributed by atoms with Gasteiger partial charge in [0.15, 0.2) is 0 Å². The fraction of sp³-hybridized carbons (Fsp3) is 0.455. The van der Waals surface area contributed by atoms with Gasteiger partial charge in [-0.15, -0.1) is 0 Å². The number of hydrogen-bond acceptors (Lipinski definition) is 1. The molecule has 0 amide bonds. The standard InChI is InChI=1S/C11H14FN/c12-8-9-3-5-10(6-4-9)11-2-1-7-13-11/h3-6,11,13H,1-2,7-8H2. The van der Waals surface area contributed by atoms with E-state index in [1.54, 1.807) is 0 Å². The van der Waals surface area contributed by atoms with Gasteiger partial charge in [0.05, 0.1) is 0 Å². The van der Waals surface area contributed by atoms with E-state index in [4.69, 9.17) is 0 Å². The van der Waals surface area contributed by atoms with Gasteiger partial charge in [0.2, 0.25) is 0 Å². The first-order valence-corrected chi connectivity index (χ1v) is 4.78. The van der Waals surface area contributed by atoms with E-state index in [9.17, 15) is 4.39 Å². The first-order valence-electron chi connectivity index (χ1n) is 4.78. The Bertz CT molecular complexity index is 262. The van der Waals surface area contributed by atoms with Crippen LogP contribution in [0, 0.1) is 0 Å². The molecule has 0 aromatic heterocycles. The summed E-state index contributed by atoms with van der Waals surface area (Å²) in [6.45, 7) is 0.744. The highest BCUT2D eigenvalue weighted by Crippen LogP contribution is 2.23. The number of hydrogen-bond donors (Lipinski definition) is 1. The zero-order chi connectivity index (χ0) is 9.10. The third-order valence-electron chi connectivity index (χ3n) is 2.60. The first-order chi connectivity index (χ1) is 6.40. The molecule has 1 aliphatic heterocycles. The van der Waals surface area contributed by atoms with Crippen molar-refractivity contribution in [2.45, 2.75) is 25.6 Å². The molecule has 0 bridgehead atoms. The molecule has 0 radical (unpaired) electrons. The predicted octanol–water partition coefficient (Wildman–Crippen LogP) is 2.58. The lowest BCUT2D eigenvalue weighted by Gasteiger charge is -2.10. The van der Waals surface area contributed by atoms with Crippen LogP contribution >= 0.6 is 0 Å². The molecule has 1 atom stereocenters. The molecule has 1 saturated heterocycles. The lowest BCUT2D eigenvalue weighted by Crippen LogP contribution is -2.12. The van der Waals surface area contributed by atoms with Crippen molar-refractivity contribution >= 4 is 0 Å². The topological polar surface area (TPSA) is 12.0 Å². The minimum absolute atomic E-state index is 0.363. The molecular formula is C11H14FN. The highest BCUT2D eigenvalue weighted by atomic mass is 19.1. The number of halogens is 1. The highest BCUT2D eigenvalue weighted by molar-refractivity contribution is 5.25. The van der Waals surface area contributed by atoms with Gasteiger partial charge in [-0.05, 0) is 30.5 Å². The summed E-state index contributed by atoms with van der Waals surface area (Å²) in [6, 6.07) is 8.29. The molecule has 0 aliphatic carbocycles. The Balaban J connectivity index is 2.12. The van der Waals surface area contributed by atoms with Crippen LogP contribution in [0.4, 0.5) is 4.39 Å². The molecule has 70 valence electrons. The molecule has 0 saturated carbocycles. The molecule has 1 heterocycles. The number of rotatable bonds is 2.